The summed E-state index contributed by atoms with van der Waals surface area (Å²) in [5.74, 6) is -0.141. The van der Waals surface area contributed by atoms with E-state index in [1.807, 2.05) is 23.7 Å². The van der Waals surface area contributed by atoms with Gasteiger partial charge in [0.15, 0.2) is 0 Å². The van der Waals surface area contributed by atoms with Gasteiger partial charge >= 0.3 is 0 Å². The van der Waals surface area contributed by atoms with Crippen LogP contribution in [0.4, 0.5) is 10.1 Å². The largest absolute Gasteiger partial charge is 0.379 e. The summed E-state index contributed by atoms with van der Waals surface area (Å²) in [6.45, 7) is 10.4. The molecule has 114 valence electrons. The zero-order valence-electron chi connectivity index (χ0n) is 13.4. The summed E-state index contributed by atoms with van der Waals surface area (Å²) in [4.78, 5) is 0. The highest BCUT2D eigenvalue weighted by atomic mass is 19.1. The van der Waals surface area contributed by atoms with Crippen molar-refractivity contribution in [3.05, 3.63) is 47.0 Å². The van der Waals surface area contributed by atoms with E-state index in [4.69, 9.17) is 0 Å². The van der Waals surface area contributed by atoms with Gasteiger partial charge in [0.2, 0.25) is 0 Å². The predicted molar refractivity (Wildman–Crippen MR) is 85.3 cm³/mol. The second-order valence-electron chi connectivity index (χ2n) is 5.93. The molecule has 3 nitrogen and oxygen atoms in total. The number of rotatable bonds is 5. The van der Waals surface area contributed by atoms with Gasteiger partial charge in [0.25, 0.3) is 0 Å². The highest BCUT2D eigenvalue weighted by Crippen LogP contribution is 2.24. The van der Waals surface area contributed by atoms with E-state index < -0.39 is 0 Å². The fourth-order valence-electron chi connectivity index (χ4n) is 2.67. The number of aromatic nitrogens is 2. The molecule has 2 aromatic rings. The van der Waals surface area contributed by atoms with Crippen molar-refractivity contribution in [3.8, 4) is 0 Å². The Labute approximate surface area is 126 Å². The van der Waals surface area contributed by atoms with Gasteiger partial charge in [-0.2, -0.15) is 5.10 Å². The maximum absolute atomic E-state index is 13.7. The average molecular weight is 289 g/mol. The van der Waals surface area contributed by atoms with Gasteiger partial charge in [0.05, 0.1) is 17.1 Å². The van der Waals surface area contributed by atoms with Crippen molar-refractivity contribution in [2.24, 2.45) is 0 Å². The van der Waals surface area contributed by atoms with E-state index in [1.165, 1.54) is 6.07 Å². The van der Waals surface area contributed by atoms with Crippen molar-refractivity contribution < 1.29 is 4.39 Å². The van der Waals surface area contributed by atoms with Crippen molar-refractivity contribution >= 4 is 5.69 Å². The number of hydrogen-bond acceptors (Lipinski definition) is 2. The topological polar surface area (TPSA) is 29.9 Å². The third-order valence-corrected chi connectivity index (χ3v) is 3.69. The lowest BCUT2D eigenvalue weighted by atomic mass is 10.1. The summed E-state index contributed by atoms with van der Waals surface area (Å²) in [6, 6.07) is 7.42. The van der Waals surface area contributed by atoms with Crippen molar-refractivity contribution in [2.45, 2.75) is 53.1 Å². The maximum Gasteiger partial charge on any atom is 0.126 e. The molecule has 1 heterocycles. The van der Waals surface area contributed by atoms with Gasteiger partial charge in [-0.15, -0.1) is 0 Å². The number of aryl methyl sites for hydroxylation is 1. The quantitative estimate of drug-likeness (QED) is 0.891. The molecule has 0 aliphatic heterocycles. The molecule has 1 atom stereocenters. The Balaban J connectivity index is 2.13. The molecule has 4 heteroatoms. The van der Waals surface area contributed by atoms with Crippen LogP contribution in [0.25, 0.3) is 0 Å². The zero-order chi connectivity index (χ0) is 15.6. The molecule has 21 heavy (non-hydrogen) atoms. The molecule has 0 amide bonds. The Kier molecular flexibility index (Phi) is 4.66. The van der Waals surface area contributed by atoms with Crippen LogP contribution in [-0.2, 0) is 6.42 Å². The summed E-state index contributed by atoms with van der Waals surface area (Å²) in [7, 11) is 0. The lowest BCUT2D eigenvalue weighted by molar-refractivity contribution is 0.516. The first kappa shape index (κ1) is 15.5. The Hall–Kier alpha value is -1.84. The highest BCUT2D eigenvalue weighted by molar-refractivity contribution is 5.53. The fourth-order valence-corrected chi connectivity index (χ4v) is 2.67. The molecule has 2 rings (SSSR count). The SMILES string of the molecule is Cc1nn(C(C)C)c(C)c1NC(C)Cc1ccccc1F. The van der Waals surface area contributed by atoms with Gasteiger partial charge in [-0.1, -0.05) is 18.2 Å². The van der Waals surface area contributed by atoms with Crippen LogP contribution in [0.5, 0.6) is 0 Å². The van der Waals surface area contributed by atoms with Crippen LogP contribution < -0.4 is 5.32 Å². The predicted octanol–water partition coefficient (Wildman–Crippen LogP) is 4.26. The Morgan fingerprint density at radius 2 is 1.86 bits per heavy atom. The highest BCUT2D eigenvalue weighted by Gasteiger charge is 2.16. The first-order chi connectivity index (χ1) is 9.90. The second kappa shape index (κ2) is 6.29. The van der Waals surface area contributed by atoms with E-state index in [9.17, 15) is 4.39 Å². The van der Waals surface area contributed by atoms with Crippen molar-refractivity contribution in [1.29, 1.82) is 0 Å². The molecule has 1 unspecified atom stereocenters. The molecule has 0 fully saturated rings. The van der Waals surface area contributed by atoms with E-state index in [-0.39, 0.29) is 11.9 Å². The molecule has 0 radical (unpaired) electrons. The number of anilines is 1. The molecule has 0 saturated heterocycles. The van der Waals surface area contributed by atoms with Crippen LogP contribution in [0.2, 0.25) is 0 Å². The van der Waals surface area contributed by atoms with Crippen LogP contribution in [-0.4, -0.2) is 15.8 Å². The molecule has 0 bridgehead atoms. The maximum atomic E-state index is 13.7. The lowest BCUT2D eigenvalue weighted by Gasteiger charge is -2.16. The van der Waals surface area contributed by atoms with Crippen LogP contribution >= 0.6 is 0 Å². The first-order valence-corrected chi connectivity index (χ1v) is 7.45. The second-order valence-corrected chi connectivity index (χ2v) is 5.93. The Bertz CT molecular complexity index is 616. The molecule has 0 saturated carbocycles. The normalized spacial score (nSPS) is 12.7. The van der Waals surface area contributed by atoms with Gasteiger partial charge in [-0.3, -0.25) is 4.68 Å². The number of nitrogens with zero attached hydrogens (tertiary/aromatic N) is 2. The van der Waals surface area contributed by atoms with E-state index >= 15 is 0 Å². The monoisotopic (exact) mass is 289 g/mol. The molecule has 1 aromatic heterocycles. The average Bonchev–Trinajstić information content (AvgIpc) is 2.69. The minimum Gasteiger partial charge on any atom is -0.379 e. The van der Waals surface area contributed by atoms with Crippen LogP contribution in [0, 0.1) is 19.7 Å². The van der Waals surface area contributed by atoms with Crippen LogP contribution in [0.1, 0.15) is 43.8 Å². The Morgan fingerprint density at radius 1 is 1.19 bits per heavy atom. The number of hydrogen-bond donors (Lipinski definition) is 1. The fraction of sp³-hybridized carbons (Fsp3) is 0.471. The standard InChI is InChI=1S/C17H24FN3/c1-11(2)21-14(5)17(13(4)20-21)19-12(3)10-15-8-6-7-9-16(15)18/h6-9,11-12,19H,10H2,1-5H3. The third kappa shape index (κ3) is 3.43. The van der Waals surface area contributed by atoms with Gasteiger partial charge in [0, 0.05) is 12.1 Å². The molecular weight excluding hydrogens is 265 g/mol. The number of nitrogens with one attached hydrogen (secondary N) is 1. The van der Waals surface area contributed by atoms with E-state index in [0.717, 1.165) is 22.6 Å². The summed E-state index contributed by atoms with van der Waals surface area (Å²) in [5.41, 5.74) is 3.92. The number of benzene rings is 1. The molecule has 0 spiro atoms. The van der Waals surface area contributed by atoms with Gasteiger partial charge in [-0.05, 0) is 52.7 Å². The smallest absolute Gasteiger partial charge is 0.126 e. The van der Waals surface area contributed by atoms with Crippen LogP contribution in [0.15, 0.2) is 24.3 Å². The first-order valence-electron chi connectivity index (χ1n) is 7.45. The summed E-state index contributed by atoms with van der Waals surface area (Å²) in [6.07, 6.45) is 0.651. The summed E-state index contributed by atoms with van der Waals surface area (Å²) >= 11 is 0. The van der Waals surface area contributed by atoms with Crippen molar-refractivity contribution in [2.75, 3.05) is 5.32 Å². The van der Waals surface area contributed by atoms with Gasteiger partial charge < -0.3 is 5.32 Å². The van der Waals surface area contributed by atoms with Gasteiger partial charge in [0.1, 0.15) is 5.82 Å². The minimum atomic E-state index is -0.141. The minimum absolute atomic E-state index is 0.141. The molecule has 1 aromatic carbocycles. The van der Waals surface area contributed by atoms with E-state index in [2.05, 4.69) is 38.1 Å². The third-order valence-electron chi connectivity index (χ3n) is 3.69. The summed E-state index contributed by atoms with van der Waals surface area (Å²) < 4.78 is 15.7. The lowest BCUT2D eigenvalue weighted by Crippen LogP contribution is -2.19. The van der Waals surface area contributed by atoms with Crippen molar-refractivity contribution in [3.63, 3.8) is 0 Å². The Morgan fingerprint density at radius 3 is 2.43 bits per heavy atom. The molecule has 0 aliphatic carbocycles. The van der Waals surface area contributed by atoms with Gasteiger partial charge in [-0.25, -0.2) is 4.39 Å². The van der Waals surface area contributed by atoms with Crippen molar-refractivity contribution in [1.82, 2.24) is 9.78 Å². The van der Waals surface area contributed by atoms with E-state index in [1.54, 1.807) is 6.07 Å². The van der Waals surface area contributed by atoms with E-state index in [0.29, 0.717) is 12.5 Å². The summed E-state index contributed by atoms with van der Waals surface area (Å²) in [5, 5.41) is 8.05. The molecule has 0 aliphatic rings. The zero-order valence-corrected chi connectivity index (χ0v) is 13.4. The molecule has 1 N–H and O–H groups in total. The number of halogens is 1. The van der Waals surface area contributed by atoms with Crippen LogP contribution in [0.3, 0.4) is 0 Å². The molecular formula is C17H24FN3.